The predicted octanol–water partition coefficient (Wildman–Crippen LogP) is -8.89. The Hall–Kier alpha value is -1.33. The van der Waals surface area contributed by atoms with Gasteiger partial charge < -0.3 is 104 Å². The Kier molecular flexibility index (Phi) is 11.3. The first-order valence-corrected chi connectivity index (χ1v) is 15.1. The monoisotopic (exact) mass is 705 g/mol. The van der Waals surface area contributed by atoms with Crippen LogP contribution in [0.2, 0.25) is 0 Å². The second-order valence-corrected chi connectivity index (χ2v) is 12.3. The molecule has 0 bridgehead atoms. The minimum absolute atomic E-state index is 0.887. The molecule has 20 atom stereocenters. The third-order valence-corrected chi connectivity index (χ3v) is 9.01. The molecule has 5 fully saturated rings. The van der Waals surface area contributed by atoms with Crippen molar-refractivity contribution in [2.45, 2.75) is 136 Å². The number of amides is 1. The molecule has 1 amide bonds. The van der Waals surface area contributed by atoms with E-state index in [1.54, 1.807) is 0 Å². The van der Waals surface area contributed by atoms with Crippen molar-refractivity contribution >= 4 is 5.91 Å². The van der Waals surface area contributed by atoms with Gasteiger partial charge >= 0.3 is 11.9 Å². The Morgan fingerprint density at radius 2 is 1.02 bits per heavy atom. The van der Waals surface area contributed by atoms with E-state index < -0.39 is 148 Å². The Morgan fingerprint density at radius 3 is 1.46 bits per heavy atom. The van der Waals surface area contributed by atoms with Crippen molar-refractivity contribution in [3.05, 3.63) is 0 Å². The van der Waals surface area contributed by atoms with E-state index in [2.05, 4.69) is 5.32 Å². The van der Waals surface area contributed by atoms with Gasteiger partial charge in [-0.2, -0.15) is 0 Å². The van der Waals surface area contributed by atoms with Crippen molar-refractivity contribution in [3.8, 4) is 0 Å². The fraction of sp³-hybridized carbons (Fsp3) is 0.962. The molecule has 0 aliphatic carbocycles. The van der Waals surface area contributed by atoms with Gasteiger partial charge in [-0.1, -0.05) is 0 Å². The fourth-order valence-electron chi connectivity index (χ4n) is 6.44. The number of ether oxygens (including phenoxy) is 8. The lowest BCUT2D eigenvalue weighted by atomic mass is 9.92. The summed E-state index contributed by atoms with van der Waals surface area (Å²) in [6, 6.07) is -2.03. The number of aliphatic hydroxyl groups excluding tert-OH is 12. The molecule has 278 valence electrons. The van der Waals surface area contributed by atoms with Crippen LogP contribution in [0.5, 0.6) is 0 Å². The molecule has 22 nitrogen and oxygen atoms in total. The van der Waals surface area contributed by atoms with Gasteiger partial charge in [-0.15, -0.1) is 0 Å². The van der Waals surface area contributed by atoms with Crippen LogP contribution >= 0.6 is 0 Å². The molecule has 5 rings (SSSR count). The van der Waals surface area contributed by atoms with E-state index in [-0.39, 0.29) is 0 Å². The highest BCUT2D eigenvalue weighted by Crippen LogP contribution is 2.45. The van der Waals surface area contributed by atoms with Crippen molar-refractivity contribution in [1.82, 2.24) is 5.32 Å². The lowest BCUT2D eigenvalue weighted by molar-refractivity contribution is -0.542. The normalized spacial score (nSPS) is 54.7. The standard InChI is InChI=1S/C26H43NO21/c1-6-11(32)16(37)22(38)26(43-6)47-19-17(13(34)8(3-28)41-23(19)39)45-25(21(27-7(2)31)15(36)12(33)10(5-30)44-25)46-18-14(35)9(4-29)42-24(40)20(18)48-26/h6,8-24,28-30,32-40H,3-5H2,1-2H3,(H,27,31)/t6-,8+,9+,10+,11+,12-,13-,14-,15-,16+,17-,18-,19+,20+,21+,22-,23-,24+,25?,26?/m0/s1. The second-order valence-electron chi connectivity index (χ2n) is 12.3. The van der Waals surface area contributed by atoms with Gasteiger partial charge in [0.25, 0.3) is 0 Å². The molecular weight excluding hydrogens is 662 g/mol. The Morgan fingerprint density at radius 1 is 0.562 bits per heavy atom. The van der Waals surface area contributed by atoms with Crippen LogP contribution in [0.25, 0.3) is 0 Å². The van der Waals surface area contributed by atoms with Crippen LogP contribution < -0.4 is 5.32 Å². The molecule has 0 aromatic heterocycles. The van der Waals surface area contributed by atoms with Gasteiger partial charge in [0, 0.05) is 6.92 Å². The van der Waals surface area contributed by atoms with E-state index in [1.807, 2.05) is 0 Å². The lowest BCUT2D eigenvalue weighted by Gasteiger charge is -2.58. The summed E-state index contributed by atoms with van der Waals surface area (Å²) in [5.41, 5.74) is 0. The third-order valence-electron chi connectivity index (χ3n) is 9.01. The second kappa shape index (κ2) is 14.4. The highest BCUT2D eigenvalue weighted by Gasteiger charge is 2.67. The van der Waals surface area contributed by atoms with Crippen LogP contribution in [-0.2, 0) is 42.7 Å². The Bertz CT molecular complexity index is 1080. The van der Waals surface area contributed by atoms with Crippen LogP contribution in [0.15, 0.2) is 0 Å². The minimum atomic E-state index is -3.05. The smallest absolute Gasteiger partial charge is 0.314 e. The van der Waals surface area contributed by atoms with E-state index in [9.17, 15) is 66.1 Å². The highest BCUT2D eigenvalue weighted by atomic mass is 16.9. The van der Waals surface area contributed by atoms with E-state index in [4.69, 9.17) is 37.9 Å². The zero-order chi connectivity index (χ0) is 35.5. The summed E-state index contributed by atoms with van der Waals surface area (Å²) >= 11 is 0. The van der Waals surface area contributed by atoms with Gasteiger partial charge in [0.1, 0.15) is 85.4 Å². The fourth-order valence-corrected chi connectivity index (χ4v) is 6.44. The summed E-state index contributed by atoms with van der Waals surface area (Å²) in [7, 11) is 0. The molecule has 0 aromatic carbocycles. The third kappa shape index (κ3) is 6.48. The first-order chi connectivity index (χ1) is 22.5. The molecule has 2 unspecified atom stereocenters. The summed E-state index contributed by atoms with van der Waals surface area (Å²) in [5, 5.41) is 131. The quantitative estimate of drug-likeness (QED) is 0.129. The van der Waals surface area contributed by atoms with Crippen molar-refractivity contribution in [3.63, 3.8) is 0 Å². The Labute approximate surface area is 271 Å². The average molecular weight is 706 g/mol. The molecule has 5 aliphatic heterocycles. The number of rotatable bonds is 4. The predicted molar refractivity (Wildman–Crippen MR) is 143 cm³/mol. The van der Waals surface area contributed by atoms with Crippen molar-refractivity contribution in [2.75, 3.05) is 19.8 Å². The molecular formula is C26H43NO21. The van der Waals surface area contributed by atoms with Crippen LogP contribution in [0.1, 0.15) is 13.8 Å². The zero-order valence-electron chi connectivity index (χ0n) is 25.6. The number of aliphatic hydroxyl groups is 12. The van der Waals surface area contributed by atoms with Gasteiger partial charge in [0.2, 0.25) is 5.91 Å². The van der Waals surface area contributed by atoms with E-state index in [0.29, 0.717) is 0 Å². The summed E-state index contributed by atoms with van der Waals surface area (Å²) in [6.45, 7) is -0.739. The molecule has 5 heterocycles. The molecule has 48 heavy (non-hydrogen) atoms. The molecule has 5 aliphatic rings. The molecule has 0 saturated carbocycles. The van der Waals surface area contributed by atoms with Gasteiger partial charge in [-0.05, 0) is 6.92 Å². The first kappa shape index (κ1) is 37.9. The van der Waals surface area contributed by atoms with E-state index >= 15 is 0 Å². The Balaban J connectivity index is 1.74. The molecule has 22 heteroatoms. The van der Waals surface area contributed by atoms with Gasteiger partial charge in [-0.3, -0.25) is 4.79 Å². The van der Waals surface area contributed by atoms with Gasteiger partial charge in [0.15, 0.2) is 18.7 Å². The summed E-state index contributed by atoms with van der Waals surface area (Å²) < 4.78 is 46.1. The maximum absolute atomic E-state index is 12.4. The van der Waals surface area contributed by atoms with Crippen LogP contribution in [0, 0.1) is 0 Å². The SMILES string of the molecule is CC(=O)N[C@@H]1[C@@H](O)[C@@H](O)[C@@H](CO)OC12O[C@H]1[C@@H](O)[C@@H](CO)O[C@@H](O)[C@@H]1OC1(O[C@@H]3[C@@H](O2)[C@@H](O)[C@@H](CO)O[C@@H]3O)O[C@@H](C)[C@@H](O)[C@@H](O)[C@@H]1O. The largest absolute Gasteiger partial charge is 0.394 e. The van der Waals surface area contributed by atoms with E-state index in [0.717, 1.165) is 6.92 Å². The number of nitrogens with one attached hydrogen (secondary N) is 1. The first-order valence-electron chi connectivity index (χ1n) is 15.1. The molecule has 0 radical (unpaired) electrons. The van der Waals surface area contributed by atoms with Crippen LogP contribution in [0.3, 0.4) is 0 Å². The summed E-state index contributed by atoms with van der Waals surface area (Å²) in [6.07, 6.45) is -33.9. The van der Waals surface area contributed by atoms with E-state index in [1.165, 1.54) is 6.92 Å². The summed E-state index contributed by atoms with van der Waals surface area (Å²) in [4.78, 5) is 12.4. The number of fused-ring (bicyclic) bond motifs is 2. The van der Waals surface area contributed by atoms with Crippen molar-refractivity contribution in [2.24, 2.45) is 0 Å². The minimum Gasteiger partial charge on any atom is -0.394 e. The molecule has 13 N–H and O–H groups in total. The zero-order valence-corrected chi connectivity index (χ0v) is 25.6. The van der Waals surface area contributed by atoms with Gasteiger partial charge in [-0.25, -0.2) is 0 Å². The number of carbonyl (C=O) groups is 1. The molecule has 5 saturated heterocycles. The van der Waals surface area contributed by atoms with Crippen molar-refractivity contribution in [1.29, 1.82) is 0 Å². The van der Waals surface area contributed by atoms with Crippen LogP contribution in [0.4, 0.5) is 0 Å². The maximum Gasteiger partial charge on any atom is 0.314 e. The maximum atomic E-state index is 12.4. The van der Waals surface area contributed by atoms with Crippen molar-refractivity contribution < 1.29 is 104 Å². The topological polar surface area (TPSA) is 346 Å². The number of hydrogen-bond acceptors (Lipinski definition) is 21. The summed E-state index contributed by atoms with van der Waals surface area (Å²) in [5.74, 6) is -6.99. The lowest BCUT2D eigenvalue weighted by Crippen LogP contribution is -2.78. The average Bonchev–Trinajstić information content (AvgIpc) is 3.05. The van der Waals surface area contributed by atoms with Gasteiger partial charge in [0.05, 0.1) is 25.9 Å². The highest BCUT2D eigenvalue weighted by molar-refractivity contribution is 5.73. The van der Waals surface area contributed by atoms with Crippen LogP contribution in [-0.4, -0.2) is 209 Å². The number of carbonyl (C=O) groups excluding carboxylic acids is 1. The molecule has 0 aromatic rings. The molecule has 2 spiro atoms. The number of hydrogen-bond donors (Lipinski definition) is 13.